The molecule has 4 aromatic rings. The van der Waals surface area contributed by atoms with E-state index in [1.165, 1.54) is 5.56 Å². The van der Waals surface area contributed by atoms with E-state index < -0.39 is 0 Å². The largest absolute Gasteiger partial charge is 0.333 e. The van der Waals surface area contributed by atoms with Gasteiger partial charge in [-0.25, -0.2) is 0 Å². The van der Waals surface area contributed by atoms with Crippen LogP contribution in [0.1, 0.15) is 33.2 Å². The maximum absolute atomic E-state index is 13.2. The van der Waals surface area contributed by atoms with Crippen LogP contribution in [0.15, 0.2) is 71.5 Å². The van der Waals surface area contributed by atoms with E-state index >= 15 is 0 Å². The van der Waals surface area contributed by atoms with E-state index in [4.69, 9.17) is 4.52 Å². The molecule has 1 unspecified atom stereocenters. The Bertz CT molecular complexity index is 1160. The molecule has 0 spiro atoms. The summed E-state index contributed by atoms with van der Waals surface area (Å²) >= 11 is 0. The van der Waals surface area contributed by atoms with Gasteiger partial charge >= 0.3 is 0 Å². The van der Waals surface area contributed by atoms with Gasteiger partial charge in [-0.1, -0.05) is 47.6 Å². The second kappa shape index (κ2) is 7.01. The topological polar surface area (TPSA) is 77.0 Å². The lowest BCUT2D eigenvalue weighted by molar-refractivity contribution is 0.0709. The Labute approximate surface area is 167 Å². The first-order chi connectivity index (χ1) is 14.2. The molecule has 7 nitrogen and oxygen atoms in total. The summed E-state index contributed by atoms with van der Waals surface area (Å²) in [5, 5.41) is 8.24. The van der Waals surface area contributed by atoms with Crippen LogP contribution in [0.4, 0.5) is 0 Å². The quantitative estimate of drug-likeness (QED) is 0.541. The molecule has 5 rings (SSSR count). The fourth-order valence-electron chi connectivity index (χ4n) is 3.82. The molecule has 1 aliphatic rings. The van der Waals surface area contributed by atoms with Crippen LogP contribution >= 0.6 is 0 Å². The highest BCUT2D eigenvalue weighted by Crippen LogP contribution is 2.33. The number of hydrogen-bond donors (Lipinski definition) is 0. The number of carbonyl (C=O) groups excluding carboxylic acids is 1. The van der Waals surface area contributed by atoms with Crippen molar-refractivity contribution in [2.75, 3.05) is 6.54 Å². The molecule has 3 heterocycles. The third kappa shape index (κ3) is 3.20. The Hall–Kier alpha value is -3.74. The second-order valence-electron chi connectivity index (χ2n) is 7.17. The number of nitrogens with zero attached hydrogens (tertiary/aromatic N) is 5. The van der Waals surface area contributed by atoms with Crippen molar-refractivity contribution in [3.63, 3.8) is 0 Å². The van der Waals surface area contributed by atoms with Gasteiger partial charge in [-0.3, -0.25) is 9.48 Å². The molecule has 0 aliphatic carbocycles. The number of hydrogen-bond acceptors (Lipinski definition) is 5. The average molecular weight is 385 g/mol. The van der Waals surface area contributed by atoms with E-state index in [1.807, 2.05) is 61.9 Å². The highest BCUT2D eigenvalue weighted by atomic mass is 16.5. The smallest absolute Gasteiger partial charge is 0.295 e. The molecule has 29 heavy (non-hydrogen) atoms. The molecule has 144 valence electrons. The van der Waals surface area contributed by atoms with Gasteiger partial charge in [0.25, 0.3) is 17.6 Å². The third-order valence-electron chi connectivity index (χ3n) is 5.25. The number of amides is 1. The van der Waals surface area contributed by atoms with Crippen molar-refractivity contribution in [1.29, 1.82) is 0 Å². The predicted octanol–water partition coefficient (Wildman–Crippen LogP) is 3.26. The lowest BCUT2D eigenvalue weighted by Crippen LogP contribution is -2.39. The van der Waals surface area contributed by atoms with E-state index in [-0.39, 0.29) is 17.6 Å². The summed E-state index contributed by atoms with van der Waals surface area (Å²) in [7, 11) is 1.89. The van der Waals surface area contributed by atoms with Crippen LogP contribution in [-0.2, 0) is 13.6 Å². The lowest BCUT2D eigenvalue weighted by Gasteiger charge is -2.33. The van der Waals surface area contributed by atoms with Crippen LogP contribution in [0.2, 0.25) is 0 Å². The first-order valence-electron chi connectivity index (χ1n) is 9.44. The Morgan fingerprint density at radius 3 is 2.69 bits per heavy atom. The van der Waals surface area contributed by atoms with Crippen molar-refractivity contribution in [1.82, 2.24) is 24.8 Å². The fourth-order valence-corrected chi connectivity index (χ4v) is 3.82. The maximum Gasteiger partial charge on any atom is 0.295 e. The summed E-state index contributed by atoms with van der Waals surface area (Å²) in [6.07, 6.45) is 3.86. The van der Waals surface area contributed by atoms with E-state index in [2.05, 4.69) is 27.4 Å². The van der Waals surface area contributed by atoms with Crippen LogP contribution in [0.5, 0.6) is 0 Å². The van der Waals surface area contributed by atoms with Crippen molar-refractivity contribution < 1.29 is 9.32 Å². The number of fused-ring (bicyclic) bond motifs is 1. The maximum atomic E-state index is 13.2. The van der Waals surface area contributed by atoms with Gasteiger partial charge in [-0.05, 0) is 28.8 Å². The number of benzene rings is 2. The first-order valence-corrected chi connectivity index (χ1v) is 9.44. The van der Waals surface area contributed by atoms with Crippen molar-refractivity contribution >= 4 is 5.91 Å². The summed E-state index contributed by atoms with van der Waals surface area (Å²) in [6.45, 7) is 1.05. The van der Waals surface area contributed by atoms with Crippen molar-refractivity contribution in [3.8, 4) is 11.5 Å². The van der Waals surface area contributed by atoms with Gasteiger partial charge in [0.15, 0.2) is 0 Å². The average Bonchev–Trinajstić information content (AvgIpc) is 3.42. The summed E-state index contributed by atoms with van der Waals surface area (Å²) in [5.74, 6) is 0.237. The predicted molar refractivity (Wildman–Crippen MR) is 106 cm³/mol. The number of aryl methyl sites for hydroxylation is 1. The Kier molecular flexibility index (Phi) is 4.20. The highest BCUT2D eigenvalue weighted by Gasteiger charge is 2.32. The van der Waals surface area contributed by atoms with Crippen LogP contribution in [-0.4, -0.2) is 37.3 Å². The number of carbonyl (C=O) groups is 1. The van der Waals surface area contributed by atoms with Gasteiger partial charge in [0, 0.05) is 37.8 Å². The Morgan fingerprint density at radius 1 is 1.10 bits per heavy atom. The first kappa shape index (κ1) is 17.4. The Morgan fingerprint density at radius 2 is 1.90 bits per heavy atom. The summed E-state index contributed by atoms with van der Waals surface area (Å²) < 4.78 is 7.11. The van der Waals surface area contributed by atoms with E-state index in [9.17, 15) is 4.79 Å². The van der Waals surface area contributed by atoms with Crippen LogP contribution in [0, 0.1) is 0 Å². The molecule has 0 radical (unpaired) electrons. The molecule has 1 amide bonds. The minimum atomic E-state index is -0.237. The van der Waals surface area contributed by atoms with E-state index in [0.717, 1.165) is 16.7 Å². The lowest BCUT2D eigenvalue weighted by atomic mass is 9.86. The van der Waals surface area contributed by atoms with Crippen molar-refractivity contribution in [2.24, 2.45) is 7.05 Å². The molecular weight excluding hydrogens is 366 g/mol. The second-order valence-corrected chi connectivity index (χ2v) is 7.17. The van der Waals surface area contributed by atoms with Gasteiger partial charge < -0.3 is 9.42 Å². The highest BCUT2D eigenvalue weighted by molar-refractivity contribution is 5.91. The van der Waals surface area contributed by atoms with Crippen LogP contribution < -0.4 is 0 Å². The zero-order valence-electron chi connectivity index (χ0n) is 15.9. The molecule has 2 aromatic heterocycles. The molecule has 0 saturated heterocycles. The number of rotatable bonds is 3. The third-order valence-corrected chi connectivity index (χ3v) is 5.25. The zero-order chi connectivity index (χ0) is 19.8. The summed E-state index contributed by atoms with van der Waals surface area (Å²) in [6, 6.07) is 17.6. The molecule has 0 saturated carbocycles. The minimum Gasteiger partial charge on any atom is -0.333 e. The molecule has 7 heteroatoms. The van der Waals surface area contributed by atoms with Gasteiger partial charge in [0.1, 0.15) is 0 Å². The molecular formula is C22H19N5O2. The molecule has 1 atom stereocenters. The van der Waals surface area contributed by atoms with Crippen molar-refractivity contribution in [2.45, 2.75) is 12.5 Å². The van der Waals surface area contributed by atoms with Gasteiger partial charge in [-0.2, -0.15) is 10.1 Å². The molecule has 0 bridgehead atoms. The zero-order valence-corrected chi connectivity index (χ0v) is 15.9. The number of aromatic nitrogens is 4. The fraction of sp³-hybridized carbons (Fsp3) is 0.182. The normalized spacial score (nSPS) is 15.9. The van der Waals surface area contributed by atoms with Gasteiger partial charge in [0.2, 0.25) is 0 Å². The Balaban J connectivity index is 1.46. The van der Waals surface area contributed by atoms with Crippen molar-refractivity contribution in [3.05, 3.63) is 89.5 Å². The SMILES string of the molecule is Cn1cc(C2CN(C(=O)c3noc(-c4ccccc4)n3)Cc3ccccc32)cn1. The summed E-state index contributed by atoms with van der Waals surface area (Å²) in [5.41, 5.74) is 4.21. The van der Waals surface area contributed by atoms with Gasteiger partial charge in [0.05, 0.1) is 6.20 Å². The molecule has 0 fully saturated rings. The monoisotopic (exact) mass is 385 g/mol. The standard InChI is InChI=1S/C22H19N5O2/c1-26-12-17(11-23-26)19-14-27(13-16-9-5-6-10-18(16)19)22(28)20-24-21(29-25-20)15-7-3-2-4-8-15/h2-12,19H,13-14H2,1H3. The summed E-state index contributed by atoms with van der Waals surface area (Å²) in [4.78, 5) is 19.3. The minimum absolute atomic E-state index is 0.0538. The molecule has 1 aliphatic heterocycles. The van der Waals surface area contributed by atoms with Crippen LogP contribution in [0.25, 0.3) is 11.5 Å². The molecule has 0 N–H and O–H groups in total. The van der Waals surface area contributed by atoms with Gasteiger partial charge in [-0.15, -0.1) is 0 Å². The van der Waals surface area contributed by atoms with E-state index in [1.54, 1.807) is 9.58 Å². The molecule has 2 aromatic carbocycles. The van der Waals surface area contributed by atoms with Crippen LogP contribution in [0.3, 0.4) is 0 Å². The van der Waals surface area contributed by atoms with E-state index in [0.29, 0.717) is 19.0 Å².